The monoisotopic (exact) mass is 305 g/mol. The van der Waals surface area contributed by atoms with E-state index in [4.69, 9.17) is 5.84 Å². The van der Waals surface area contributed by atoms with Crippen LogP contribution in [0.3, 0.4) is 0 Å². The average Bonchev–Trinajstić information content (AvgIpc) is 2.87. The molecule has 1 aromatic heterocycles. The van der Waals surface area contributed by atoms with Gasteiger partial charge in [0.1, 0.15) is 0 Å². The summed E-state index contributed by atoms with van der Waals surface area (Å²) < 4.78 is 0. The fourth-order valence-corrected chi connectivity index (χ4v) is 2.56. The number of carbonyl (C=O) groups is 2. The number of hydrazine groups is 1. The second-order valence-corrected chi connectivity index (χ2v) is 5.40. The van der Waals surface area contributed by atoms with Crippen molar-refractivity contribution >= 4 is 34.1 Å². The van der Waals surface area contributed by atoms with Crippen molar-refractivity contribution in [2.45, 2.75) is 13.3 Å². The molecule has 0 aliphatic heterocycles. The summed E-state index contributed by atoms with van der Waals surface area (Å²) in [5, 5.41) is 5.82. The van der Waals surface area contributed by atoms with Crippen LogP contribution in [0.15, 0.2) is 30.5 Å². The lowest BCUT2D eigenvalue weighted by Crippen LogP contribution is -2.34. The number of thiazole rings is 1. The molecule has 8 heteroatoms. The van der Waals surface area contributed by atoms with Gasteiger partial charge < -0.3 is 10.6 Å². The van der Waals surface area contributed by atoms with E-state index in [0.29, 0.717) is 17.2 Å². The number of nitrogens with two attached hydrogens (primary N) is 1. The van der Waals surface area contributed by atoms with Crippen LogP contribution in [0, 0.1) is 0 Å². The summed E-state index contributed by atoms with van der Waals surface area (Å²) in [6.45, 7) is 1.45. The van der Waals surface area contributed by atoms with Gasteiger partial charge in [0, 0.05) is 30.1 Å². The van der Waals surface area contributed by atoms with Gasteiger partial charge in [-0.2, -0.15) is 0 Å². The van der Waals surface area contributed by atoms with Crippen LogP contribution in [-0.2, 0) is 11.2 Å². The van der Waals surface area contributed by atoms with E-state index in [-0.39, 0.29) is 5.91 Å². The lowest BCUT2D eigenvalue weighted by atomic mass is 10.1. The third-order valence-corrected chi connectivity index (χ3v) is 3.47. The molecule has 0 saturated carbocycles. The van der Waals surface area contributed by atoms with Gasteiger partial charge in [-0.05, 0) is 17.7 Å². The Balaban J connectivity index is 1.98. The number of benzene rings is 1. The molecule has 0 unspecified atom stereocenters. The summed E-state index contributed by atoms with van der Waals surface area (Å²) in [6.07, 6.45) is 2.45. The first-order chi connectivity index (χ1) is 10.1. The summed E-state index contributed by atoms with van der Waals surface area (Å²) in [4.78, 5) is 27.2. The van der Waals surface area contributed by atoms with Crippen molar-refractivity contribution in [1.82, 2.24) is 10.4 Å². The van der Waals surface area contributed by atoms with E-state index >= 15 is 0 Å². The zero-order chi connectivity index (χ0) is 15.2. The third kappa shape index (κ3) is 4.55. The van der Waals surface area contributed by atoms with Crippen LogP contribution in [-0.4, -0.2) is 16.9 Å². The van der Waals surface area contributed by atoms with Crippen molar-refractivity contribution in [3.05, 3.63) is 40.9 Å². The largest absolute Gasteiger partial charge is 0.333 e. The van der Waals surface area contributed by atoms with Gasteiger partial charge in [0.05, 0.1) is 0 Å². The zero-order valence-corrected chi connectivity index (χ0v) is 12.2. The number of amides is 3. The first-order valence-corrected chi connectivity index (χ1v) is 6.97. The molecule has 0 bridgehead atoms. The number of hydrogen-bond acceptors (Lipinski definition) is 5. The van der Waals surface area contributed by atoms with Crippen LogP contribution in [0.25, 0.3) is 0 Å². The molecule has 2 aromatic rings. The molecule has 2 rings (SSSR count). The van der Waals surface area contributed by atoms with E-state index in [1.807, 2.05) is 17.6 Å². The van der Waals surface area contributed by atoms with Crippen molar-refractivity contribution in [2.75, 3.05) is 10.6 Å². The molecule has 3 amide bonds. The highest BCUT2D eigenvalue weighted by molar-refractivity contribution is 7.15. The van der Waals surface area contributed by atoms with Gasteiger partial charge in [-0.25, -0.2) is 15.6 Å². The second-order valence-electron chi connectivity index (χ2n) is 4.29. The summed E-state index contributed by atoms with van der Waals surface area (Å²) in [6, 6.07) is 6.93. The van der Waals surface area contributed by atoms with E-state index in [1.165, 1.54) is 18.3 Å². The minimum Gasteiger partial charge on any atom is -0.307 e. The van der Waals surface area contributed by atoms with Gasteiger partial charge in [-0.15, -0.1) is 11.3 Å². The number of nitrogens with one attached hydrogen (secondary N) is 3. The lowest BCUT2D eigenvalue weighted by molar-refractivity contribution is -0.114. The number of urea groups is 1. The summed E-state index contributed by atoms with van der Waals surface area (Å²) in [5.74, 6) is 4.86. The maximum absolute atomic E-state index is 11.1. The Labute approximate surface area is 125 Å². The first-order valence-electron chi connectivity index (χ1n) is 6.15. The fourth-order valence-electron chi connectivity index (χ4n) is 1.67. The number of rotatable bonds is 4. The van der Waals surface area contributed by atoms with Gasteiger partial charge in [0.15, 0.2) is 5.13 Å². The predicted octanol–water partition coefficient (Wildman–Crippen LogP) is 1.69. The van der Waals surface area contributed by atoms with Crippen molar-refractivity contribution in [3.8, 4) is 0 Å². The molecule has 0 fully saturated rings. The molecular formula is C13H15N5O2S. The zero-order valence-electron chi connectivity index (χ0n) is 11.3. The first kappa shape index (κ1) is 14.9. The van der Waals surface area contributed by atoms with Crippen LogP contribution in [0.4, 0.5) is 15.6 Å². The molecular weight excluding hydrogens is 290 g/mol. The third-order valence-electron chi connectivity index (χ3n) is 2.56. The Morgan fingerprint density at radius 2 is 1.95 bits per heavy atom. The molecule has 0 atom stereocenters. The van der Waals surface area contributed by atoms with E-state index in [1.54, 1.807) is 18.3 Å². The molecule has 0 aliphatic rings. The molecule has 0 spiro atoms. The fraction of sp³-hybridized carbons (Fsp3) is 0.154. The Morgan fingerprint density at radius 1 is 1.24 bits per heavy atom. The van der Waals surface area contributed by atoms with Crippen molar-refractivity contribution in [1.29, 1.82) is 0 Å². The van der Waals surface area contributed by atoms with Crippen molar-refractivity contribution in [2.24, 2.45) is 5.84 Å². The number of nitrogens with zero attached hydrogens (tertiary/aromatic N) is 1. The lowest BCUT2D eigenvalue weighted by Gasteiger charge is -2.05. The Morgan fingerprint density at radius 3 is 2.57 bits per heavy atom. The SMILES string of the molecule is CC(=O)Nc1ncc(Cc2ccc(NC(=O)NN)cc2)s1. The maximum atomic E-state index is 11.1. The van der Waals surface area contributed by atoms with Gasteiger partial charge >= 0.3 is 6.03 Å². The highest BCUT2D eigenvalue weighted by Gasteiger charge is 2.05. The molecule has 21 heavy (non-hydrogen) atoms. The number of anilines is 2. The summed E-state index contributed by atoms with van der Waals surface area (Å²) in [5.41, 5.74) is 3.73. The van der Waals surface area contributed by atoms with Crippen LogP contribution in [0.5, 0.6) is 0 Å². The highest BCUT2D eigenvalue weighted by atomic mass is 32.1. The average molecular weight is 305 g/mol. The standard InChI is InChI=1S/C13H15N5O2S/c1-8(19)16-13-15-7-11(21-13)6-9-2-4-10(5-3-9)17-12(20)18-14/h2-5,7H,6,14H2,1H3,(H,15,16,19)(H2,17,18,20). The molecule has 1 aromatic carbocycles. The van der Waals surface area contributed by atoms with E-state index in [0.717, 1.165) is 10.4 Å². The summed E-state index contributed by atoms with van der Waals surface area (Å²) >= 11 is 1.44. The molecule has 1 heterocycles. The number of aromatic nitrogens is 1. The Bertz CT molecular complexity index is 638. The van der Waals surface area contributed by atoms with Crippen LogP contribution < -0.4 is 21.9 Å². The molecule has 0 saturated heterocycles. The van der Waals surface area contributed by atoms with Crippen molar-refractivity contribution in [3.63, 3.8) is 0 Å². The van der Waals surface area contributed by atoms with Gasteiger partial charge in [-0.1, -0.05) is 12.1 Å². The minimum absolute atomic E-state index is 0.135. The van der Waals surface area contributed by atoms with Gasteiger partial charge in [0.2, 0.25) is 5.91 Å². The van der Waals surface area contributed by atoms with Gasteiger partial charge in [-0.3, -0.25) is 10.2 Å². The summed E-state index contributed by atoms with van der Waals surface area (Å²) in [7, 11) is 0. The molecule has 5 N–H and O–H groups in total. The Hall–Kier alpha value is -2.45. The predicted molar refractivity (Wildman–Crippen MR) is 82.0 cm³/mol. The smallest absolute Gasteiger partial charge is 0.307 e. The molecule has 110 valence electrons. The Kier molecular flexibility index (Phi) is 4.85. The topological polar surface area (TPSA) is 109 Å². The second kappa shape index (κ2) is 6.82. The normalized spacial score (nSPS) is 10.0. The molecule has 7 nitrogen and oxygen atoms in total. The number of carbonyl (C=O) groups excluding carboxylic acids is 2. The minimum atomic E-state index is -0.467. The van der Waals surface area contributed by atoms with Crippen LogP contribution in [0.1, 0.15) is 17.4 Å². The van der Waals surface area contributed by atoms with E-state index in [9.17, 15) is 9.59 Å². The molecule has 0 aliphatic carbocycles. The van der Waals surface area contributed by atoms with Crippen LogP contribution >= 0.6 is 11.3 Å². The van der Waals surface area contributed by atoms with Gasteiger partial charge in [0.25, 0.3) is 0 Å². The maximum Gasteiger partial charge on any atom is 0.333 e. The quantitative estimate of drug-likeness (QED) is 0.391. The molecule has 0 radical (unpaired) electrons. The number of hydrogen-bond donors (Lipinski definition) is 4. The van der Waals surface area contributed by atoms with E-state index < -0.39 is 6.03 Å². The van der Waals surface area contributed by atoms with E-state index in [2.05, 4.69) is 15.6 Å². The van der Waals surface area contributed by atoms with Crippen LogP contribution in [0.2, 0.25) is 0 Å². The highest BCUT2D eigenvalue weighted by Crippen LogP contribution is 2.21. The van der Waals surface area contributed by atoms with Crippen molar-refractivity contribution < 1.29 is 9.59 Å².